The monoisotopic (exact) mass is 475 g/mol. The standard InChI is InChI=1S/C21H19ClFN5O5/c22-15-7-4-8-16(23)14(15)9-19-25-26-27-28(19)11-18(29)17(10-20(30)31)24-21(32)33-12-13-5-2-1-3-6-13/h1-8,17H,9-12H2,(H,24,32)(H,30,31). The van der Waals surface area contributed by atoms with Gasteiger partial charge >= 0.3 is 12.1 Å². The molecule has 2 N–H and O–H groups in total. The van der Waals surface area contributed by atoms with Crippen LogP contribution in [-0.4, -0.2) is 49.2 Å². The van der Waals surface area contributed by atoms with Gasteiger partial charge in [-0.1, -0.05) is 48.0 Å². The first-order valence-electron chi connectivity index (χ1n) is 9.73. The number of benzene rings is 2. The average Bonchev–Trinajstić information content (AvgIpc) is 3.21. The van der Waals surface area contributed by atoms with Gasteiger partial charge in [0.05, 0.1) is 6.42 Å². The topological polar surface area (TPSA) is 136 Å². The van der Waals surface area contributed by atoms with E-state index in [-0.39, 0.29) is 29.4 Å². The fourth-order valence-electron chi connectivity index (χ4n) is 2.92. The van der Waals surface area contributed by atoms with Crippen LogP contribution < -0.4 is 5.32 Å². The molecule has 0 aliphatic rings. The van der Waals surface area contributed by atoms with Crippen molar-refractivity contribution in [1.29, 1.82) is 0 Å². The lowest BCUT2D eigenvalue weighted by Crippen LogP contribution is -2.44. The summed E-state index contributed by atoms with van der Waals surface area (Å²) in [5.41, 5.74) is 0.867. The number of nitrogens with zero attached hydrogens (tertiary/aromatic N) is 4. The molecule has 10 nitrogen and oxygen atoms in total. The molecule has 0 bridgehead atoms. The van der Waals surface area contributed by atoms with Gasteiger partial charge in [-0.2, -0.15) is 0 Å². The largest absolute Gasteiger partial charge is 0.481 e. The van der Waals surface area contributed by atoms with Gasteiger partial charge in [0.25, 0.3) is 0 Å². The smallest absolute Gasteiger partial charge is 0.408 e. The van der Waals surface area contributed by atoms with E-state index in [2.05, 4.69) is 20.8 Å². The summed E-state index contributed by atoms with van der Waals surface area (Å²) in [6.45, 7) is -0.507. The third-order valence-corrected chi connectivity index (χ3v) is 4.93. The number of rotatable bonds is 10. The number of carbonyl (C=O) groups is 3. The van der Waals surface area contributed by atoms with E-state index in [0.717, 1.165) is 10.2 Å². The summed E-state index contributed by atoms with van der Waals surface area (Å²) in [6, 6.07) is 11.6. The minimum Gasteiger partial charge on any atom is -0.481 e. The second kappa shape index (κ2) is 11.1. The lowest BCUT2D eigenvalue weighted by Gasteiger charge is -2.16. The fourth-order valence-corrected chi connectivity index (χ4v) is 3.15. The van der Waals surface area contributed by atoms with Crippen LogP contribution in [0, 0.1) is 5.82 Å². The number of hydrogen-bond donors (Lipinski definition) is 2. The van der Waals surface area contributed by atoms with Gasteiger partial charge in [0.2, 0.25) is 0 Å². The number of ether oxygens (including phenoxy) is 1. The van der Waals surface area contributed by atoms with Crippen molar-refractivity contribution in [2.75, 3.05) is 0 Å². The minimum atomic E-state index is -1.39. The Balaban J connectivity index is 1.66. The highest BCUT2D eigenvalue weighted by Crippen LogP contribution is 2.21. The third-order valence-electron chi connectivity index (χ3n) is 4.58. The van der Waals surface area contributed by atoms with E-state index in [1.165, 1.54) is 18.2 Å². The number of aromatic nitrogens is 4. The minimum absolute atomic E-state index is 0.0544. The highest BCUT2D eigenvalue weighted by molar-refractivity contribution is 6.31. The van der Waals surface area contributed by atoms with E-state index in [9.17, 15) is 18.8 Å². The molecule has 0 saturated carbocycles. The normalized spacial score (nSPS) is 11.6. The van der Waals surface area contributed by atoms with Crippen LogP contribution in [0.1, 0.15) is 23.4 Å². The molecule has 3 rings (SSSR count). The molecule has 0 aliphatic carbocycles. The molecule has 3 aromatic rings. The van der Waals surface area contributed by atoms with Crippen LogP contribution in [-0.2, 0) is 33.9 Å². The number of alkyl carbamates (subject to hydrolysis) is 1. The number of aliphatic carboxylic acids is 1. The predicted molar refractivity (Wildman–Crippen MR) is 113 cm³/mol. The van der Waals surface area contributed by atoms with E-state index in [0.29, 0.717) is 0 Å². The van der Waals surface area contributed by atoms with Gasteiger partial charge in [0.15, 0.2) is 11.6 Å². The summed E-state index contributed by atoms with van der Waals surface area (Å²) in [5, 5.41) is 22.6. The Kier molecular flexibility index (Phi) is 8.03. The second-order valence-corrected chi connectivity index (χ2v) is 7.36. The summed E-state index contributed by atoms with van der Waals surface area (Å²) in [6.07, 6.45) is -1.72. The number of Topliss-reactive ketones (excluding diaryl/α,β-unsaturated/α-hetero) is 1. The van der Waals surface area contributed by atoms with Crippen LogP contribution in [0.4, 0.5) is 9.18 Å². The molecule has 1 heterocycles. The molecule has 33 heavy (non-hydrogen) atoms. The number of nitrogens with one attached hydrogen (secondary N) is 1. The number of tetrazole rings is 1. The van der Waals surface area contributed by atoms with Crippen molar-refractivity contribution in [2.24, 2.45) is 0 Å². The van der Waals surface area contributed by atoms with Gasteiger partial charge in [-0.15, -0.1) is 5.10 Å². The van der Waals surface area contributed by atoms with E-state index < -0.39 is 42.7 Å². The Morgan fingerprint density at radius 2 is 1.91 bits per heavy atom. The molecule has 2 aromatic carbocycles. The van der Waals surface area contributed by atoms with Gasteiger partial charge < -0.3 is 15.2 Å². The lowest BCUT2D eigenvalue weighted by atomic mass is 10.1. The predicted octanol–water partition coefficient (Wildman–Crippen LogP) is 2.40. The van der Waals surface area contributed by atoms with Crippen LogP contribution in [0.2, 0.25) is 5.02 Å². The van der Waals surface area contributed by atoms with E-state index in [1.807, 2.05) is 0 Å². The maximum atomic E-state index is 14.1. The van der Waals surface area contributed by atoms with E-state index in [4.69, 9.17) is 21.4 Å². The molecule has 0 fully saturated rings. The Labute approximate surface area is 192 Å². The molecule has 172 valence electrons. The van der Waals surface area contributed by atoms with Crippen molar-refractivity contribution in [2.45, 2.75) is 32.0 Å². The highest BCUT2D eigenvalue weighted by atomic mass is 35.5. The summed E-state index contributed by atoms with van der Waals surface area (Å²) < 4.78 is 20.2. The fraction of sp³-hybridized carbons (Fsp3) is 0.238. The molecule has 1 amide bonds. The zero-order valence-corrected chi connectivity index (χ0v) is 17.9. The number of ketones is 1. The molecule has 0 spiro atoms. The van der Waals surface area contributed by atoms with Crippen molar-refractivity contribution < 1.29 is 28.6 Å². The molecule has 1 unspecified atom stereocenters. The van der Waals surface area contributed by atoms with Crippen LogP contribution in [0.25, 0.3) is 0 Å². The molecule has 0 aliphatic heterocycles. The zero-order valence-electron chi connectivity index (χ0n) is 17.1. The quantitative estimate of drug-likeness (QED) is 0.456. The summed E-state index contributed by atoms with van der Waals surface area (Å²) in [4.78, 5) is 36.1. The van der Waals surface area contributed by atoms with Crippen LogP contribution in [0.15, 0.2) is 48.5 Å². The summed E-state index contributed by atoms with van der Waals surface area (Å²) in [5.74, 6) is -2.40. The third kappa shape index (κ3) is 6.81. The highest BCUT2D eigenvalue weighted by Gasteiger charge is 2.26. The number of carboxylic acids is 1. The van der Waals surface area contributed by atoms with E-state index in [1.54, 1.807) is 30.3 Å². The lowest BCUT2D eigenvalue weighted by molar-refractivity contribution is -0.139. The Hall–Kier alpha value is -3.86. The van der Waals surface area contributed by atoms with Crippen molar-refractivity contribution in [3.8, 4) is 0 Å². The Bertz CT molecular complexity index is 1120. The number of carboxylic acid groups (broad SMARTS) is 1. The molecular formula is C21H19ClFN5O5. The first kappa shape index (κ1) is 23.8. The zero-order chi connectivity index (χ0) is 23.8. The SMILES string of the molecule is O=C(O)CC(NC(=O)OCc1ccccc1)C(=O)Cn1nnnc1Cc1c(F)cccc1Cl. The van der Waals surface area contributed by atoms with Crippen molar-refractivity contribution in [1.82, 2.24) is 25.5 Å². The summed E-state index contributed by atoms with van der Waals surface area (Å²) in [7, 11) is 0. The van der Waals surface area contributed by atoms with Crippen molar-refractivity contribution in [3.05, 3.63) is 76.3 Å². The first-order chi connectivity index (χ1) is 15.8. The number of halogens is 2. The van der Waals surface area contributed by atoms with E-state index >= 15 is 0 Å². The Morgan fingerprint density at radius 3 is 2.61 bits per heavy atom. The van der Waals surface area contributed by atoms with Crippen molar-refractivity contribution >= 4 is 29.4 Å². The number of amides is 1. The Morgan fingerprint density at radius 1 is 1.15 bits per heavy atom. The molecule has 12 heteroatoms. The van der Waals surface area contributed by atoms with Gasteiger partial charge in [0, 0.05) is 17.0 Å². The molecule has 1 atom stereocenters. The van der Waals surface area contributed by atoms with Crippen molar-refractivity contribution in [3.63, 3.8) is 0 Å². The second-order valence-electron chi connectivity index (χ2n) is 6.95. The van der Waals surface area contributed by atoms with Gasteiger partial charge in [-0.3, -0.25) is 9.59 Å². The molecule has 1 aromatic heterocycles. The number of carbonyl (C=O) groups excluding carboxylic acids is 2. The molecular weight excluding hydrogens is 457 g/mol. The van der Waals surface area contributed by atoms with Crippen LogP contribution >= 0.6 is 11.6 Å². The van der Waals surface area contributed by atoms with Gasteiger partial charge in [-0.25, -0.2) is 13.9 Å². The average molecular weight is 476 g/mol. The van der Waals surface area contributed by atoms with Gasteiger partial charge in [0.1, 0.15) is 25.0 Å². The maximum Gasteiger partial charge on any atom is 0.408 e. The molecule has 0 radical (unpaired) electrons. The molecule has 0 saturated heterocycles. The van der Waals surface area contributed by atoms with Crippen LogP contribution in [0.5, 0.6) is 0 Å². The van der Waals surface area contributed by atoms with Crippen LogP contribution in [0.3, 0.4) is 0 Å². The van der Waals surface area contributed by atoms with Gasteiger partial charge in [-0.05, 0) is 28.1 Å². The number of hydrogen-bond acceptors (Lipinski definition) is 7. The summed E-state index contributed by atoms with van der Waals surface area (Å²) >= 11 is 6.03. The first-order valence-corrected chi connectivity index (χ1v) is 10.1. The maximum absolute atomic E-state index is 14.1.